The van der Waals surface area contributed by atoms with E-state index in [1.807, 2.05) is 0 Å². The first-order valence-electron chi connectivity index (χ1n) is 4.14. The minimum Gasteiger partial charge on any atom is -0.399 e. The van der Waals surface area contributed by atoms with Crippen molar-refractivity contribution in [3.8, 4) is 0 Å². The summed E-state index contributed by atoms with van der Waals surface area (Å²) in [6, 6.07) is 0. The quantitative estimate of drug-likeness (QED) is 0.633. The van der Waals surface area contributed by atoms with Gasteiger partial charge in [0.05, 0.1) is 0 Å². The van der Waals surface area contributed by atoms with E-state index < -0.39 is 35.0 Å². The molecule has 1 heterocycles. The highest BCUT2D eigenvalue weighted by Crippen LogP contribution is 2.57. The summed E-state index contributed by atoms with van der Waals surface area (Å²) in [6.45, 7) is 0. The van der Waals surface area contributed by atoms with Crippen molar-refractivity contribution in [3.63, 3.8) is 0 Å². The van der Waals surface area contributed by atoms with Gasteiger partial charge in [0.25, 0.3) is 0 Å². The molecule has 0 aromatic carbocycles. The molecule has 0 amide bonds. The van der Waals surface area contributed by atoms with Gasteiger partial charge in [-0.1, -0.05) is 9.24 Å². The molecule has 110 valence electrons. The Bertz CT molecular complexity index is 513. The second kappa shape index (κ2) is 4.19. The van der Waals surface area contributed by atoms with Crippen LogP contribution in [-0.2, 0) is 5.92 Å². The molecule has 1 atom stereocenters. The zero-order chi connectivity index (χ0) is 15.3. The van der Waals surface area contributed by atoms with Crippen molar-refractivity contribution in [2.24, 2.45) is 0 Å². The van der Waals surface area contributed by atoms with Crippen LogP contribution in [0.5, 0.6) is 0 Å². The molecule has 0 N–H and O–H groups in total. The molecule has 0 aliphatic carbocycles. The highest BCUT2D eigenvalue weighted by Gasteiger charge is 2.80. The number of alkyl halides is 8. The predicted molar refractivity (Wildman–Crippen MR) is 45.7 cm³/mol. The molecule has 0 bridgehead atoms. The van der Waals surface area contributed by atoms with Gasteiger partial charge in [0, 0.05) is 0 Å². The summed E-state index contributed by atoms with van der Waals surface area (Å²) in [6.07, 6.45) is -0.368. The minimum atomic E-state index is -6.54. The monoisotopic (exact) mass is 318 g/mol. The molecule has 0 fully saturated rings. The van der Waals surface area contributed by atoms with E-state index >= 15 is 0 Å². The Hall–Kier alpha value is -1.12. The lowest BCUT2D eigenvalue weighted by Gasteiger charge is -2.34. The van der Waals surface area contributed by atoms with E-state index in [4.69, 9.17) is 0 Å². The van der Waals surface area contributed by atoms with Gasteiger partial charge in [-0.05, 0) is 0 Å². The molecule has 1 aromatic rings. The molecular weight excluding hydrogens is 315 g/mol. The van der Waals surface area contributed by atoms with Gasteiger partial charge in [-0.25, -0.2) is 4.79 Å². The molecule has 1 rings (SSSR count). The van der Waals surface area contributed by atoms with Crippen LogP contribution >= 0.6 is 9.24 Å². The number of halogens is 8. The van der Waals surface area contributed by atoms with E-state index in [0.717, 1.165) is 0 Å². The van der Waals surface area contributed by atoms with E-state index in [-0.39, 0.29) is 15.5 Å². The third-order valence-electron chi connectivity index (χ3n) is 1.97. The van der Waals surface area contributed by atoms with Crippen molar-refractivity contribution in [1.29, 1.82) is 0 Å². The Morgan fingerprint density at radius 3 is 1.74 bits per heavy atom. The summed E-state index contributed by atoms with van der Waals surface area (Å²) >= 11 is 0. The van der Waals surface area contributed by atoms with Gasteiger partial charge in [0.15, 0.2) is 0 Å². The smallest absolute Gasteiger partial charge is 0.399 e. The first kappa shape index (κ1) is 15.9. The normalized spacial score (nSPS) is 14.8. The van der Waals surface area contributed by atoms with Crippen molar-refractivity contribution in [3.05, 3.63) is 22.6 Å². The van der Waals surface area contributed by atoms with Crippen molar-refractivity contribution >= 4 is 9.24 Å². The first-order chi connectivity index (χ1) is 8.25. The summed E-state index contributed by atoms with van der Waals surface area (Å²) in [7, 11) is 0.0359. The Morgan fingerprint density at radius 1 is 0.947 bits per heavy atom. The molecule has 0 saturated carbocycles. The van der Waals surface area contributed by atoms with Crippen LogP contribution in [0.15, 0.2) is 19.9 Å². The molecule has 0 aliphatic heterocycles. The summed E-state index contributed by atoms with van der Waals surface area (Å²) in [5.74, 6) is -23.0. The molecular formula is C7H3F8O3P. The van der Waals surface area contributed by atoms with E-state index in [2.05, 4.69) is 8.83 Å². The van der Waals surface area contributed by atoms with Gasteiger partial charge in [-0.2, -0.15) is 35.1 Å². The first-order valence-corrected chi connectivity index (χ1v) is 4.72. The van der Waals surface area contributed by atoms with Gasteiger partial charge in [0.1, 0.15) is 6.26 Å². The fraction of sp³-hybridized carbons (Fsp3) is 0.571. The lowest BCUT2D eigenvalue weighted by molar-refractivity contribution is -0.354. The van der Waals surface area contributed by atoms with Gasteiger partial charge >= 0.3 is 29.3 Å². The van der Waals surface area contributed by atoms with E-state index in [9.17, 15) is 39.9 Å². The van der Waals surface area contributed by atoms with Gasteiger partial charge in [-0.3, -0.25) is 0 Å². The highest BCUT2D eigenvalue weighted by molar-refractivity contribution is 7.18. The van der Waals surface area contributed by atoms with Crippen LogP contribution in [-0.4, -0.2) is 17.5 Å². The van der Waals surface area contributed by atoms with Gasteiger partial charge < -0.3 is 8.83 Å². The molecule has 19 heavy (non-hydrogen) atoms. The standard InChI is InChI=1S/C7H3F8O3P/c8-4(9,2-1-17-3(16)18-2)5(10,11)6(12,13)7(14,15)19/h1H,19H2. The average Bonchev–Trinajstić information content (AvgIpc) is 2.63. The van der Waals surface area contributed by atoms with Crippen LogP contribution in [0.1, 0.15) is 5.76 Å². The highest BCUT2D eigenvalue weighted by atomic mass is 31.0. The Balaban J connectivity index is 3.37. The second-order valence-corrected chi connectivity index (χ2v) is 4.02. The topological polar surface area (TPSA) is 43.4 Å². The van der Waals surface area contributed by atoms with Crippen LogP contribution in [0, 0.1) is 0 Å². The molecule has 3 nitrogen and oxygen atoms in total. The van der Waals surface area contributed by atoms with E-state index in [1.165, 1.54) is 0 Å². The number of rotatable bonds is 4. The zero-order valence-corrected chi connectivity index (χ0v) is 9.56. The van der Waals surface area contributed by atoms with Crippen molar-refractivity contribution in [2.75, 3.05) is 0 Å². The lowest BCUT2D eigenvalue weighted by atomic mass is 10.0. The van der Waals surface area contributed by atoms with Crippen LogP contribution in [0.3, 0.4) is 0 Å². The lowest BCUT2D eigenvalue weighted by Crippen LogP contribution is -2.59. The number of hydrogen-bond donors (Lipinski definition) is 0. The molecule has 0 aliphatic rings. The fourth-order valence-corrected chi connectivity index (χ4v) is 1.12. The minimum absolute atomic E-state index is 0.0359. The van der Waals surface area contributed by atoms with Crippen molar-refractivity contribution in [1.82, 2.24) is 0 Å². The zero-order valence-electron chi connectivity index (χ0n) is 8.40. The second-order valence-electron chi connectivity index (χ2n) is 3.30. The Morgan fingerprint density at radius 2 is 1.42 bits per heavy atom. The van der Waals surface area contributed by atoms with Crippen LogP contribution < -0.4 is 5.82 Å². The van der Waals surface area contributed by atoms with Crippen molar-refractivity contribution < 1.29 is 44.0 Å². The maximum atomic E-state index is 13.1. The molecule has 0 saturated heterocycles. The van der Waals surface area contributed by atoms with Crippen LogP contribution in [0.25, 0.3) is 0 Å². The molecule has 0 spiro atoms. The van der Waals surface area contributed by atoms with Crippen LogP contribution in [0.2, 0.25) is 0 Å². The van der Waals surface area contributed by atoms with Gasteiger partial charge in [0.2, 0.25) is 5.76 Å². The molecule has 1 unspecified atom stereocenters. The summed E-state index contributed by atoms with van der Waals surface area (Å²) < 4.78 is 109. The SMILES string of the molecule is O=c1occ(C(F)(F)C(F)(F)C(F)(F)C(F)(F)P)o1. The maximum Gasteiger partial charge on any atom is 0.518 e. The Kier molecular flexibility index (Phi) is 3.51. The molecule has 12 heteroatoms. The van der Waals surface area contributed by atoms with Crippen molar-refractivity contribution in [2.45, 2.75) is 23.4 Å². The number of hydrogen-bond acceptors (Lipinski definition) is 3. The summed E-state index contributed by atoms with van der Waals surface area (Å²) in [5, 5.41) is 0. The van der Waals surface area contributed by atoms with E-state index in [0.29, 0.717) is 0 Å². The Labute approximate surface area is 100 Å². The largest absolute Gasteiger partial charge is 0.518 e. The third kappa shape index (κ3) is 2.24. The average molecular weight is 318 g/mol. The molecule has 1 aromatic heterocycles. The summed E-state index contributed by atoms with van der Waals surface area (Å²) in [4.78, 5) is 10.3. The van der Waals surface area contributed by atoms with Crippen LogP contribution in [0.4, 0.5) is 35.1 Å². The summed E-state index contributed by atoms with van der Waals surface area (Å²) in [5.41, 5.74) is -5.52. The van der Waals surface area contributed by atoms with Gasteiger partial charge in [-0.15, -0.1) is 0 Å². The van der Waals surface area contributed by atoms with E-state index in [1.54, 1.807) is 0 Å². The fourth-order valence-electron chi connectivity index (χ4n) is 0.939. The third-order valence-corrected chi connectivity index (χ3v) is 2.33. The molecule has 0 radical (unpaired) electrons. The maximum absolute atomic E-state index is 13.1. The predicted octanol–water partition coefficient (Wildman–Crippen LogP) is 3.06.